The van der Waals surface area contributed by atoms with Crippen molar-refractivity contribution in [3.05, 3.63) is 35.4 Å². The fourth-order valence-electron chi connectivity index (χ4n) is 2.72. The molecule has 0 saturated carbocycles. The molecule has 1 heterocycles. The standard InChI is InChI=1S/C16H22N4O4/c1-20-9-12(10-2-4-11(5-3-10)16(17)18)13(24-20)8-14(21)19-7-6-15(22)23/h2-5,12-13H,6-9H2,1H3,(H3,17,18)(H,19,21)(H,22,23). The van der Waals surface area contributed by atoms with Crippen molar-refractivity contribution in [2.45, 2.75) is 24.9 Å². The number of aliphatic carboxylic acids is 1. The first-order chi connectivity index (χ1) is 11.4. The number of carbonyl (C=O) groups excluding carboxylic acids is 1. The molecule has 8 heteroatoms. The summed E-state index contributed by atoms with van der Waals surface area (Å²) < 4.78 is 0. The summed E-state index contributed by atoms with van der Waals surface area (Å²) in [4.78, 5) is 28.1. The third-order valence-corrected chi connectivity index (χ3v) is 3.92. The third-order valence-electron chi connectivity index (χ3n) is 3.92. The van der Waals surface area contributed by atoms with Crippen molar-refractivity contribution >= 4 is 17.7 Å². The molecule has 1 amide bonds. The van der Waals surface area contributed by atoms with Crippen molar-refractivity contribution in [3.63, 3.8) is 0 Å². The zero-order valence-corrected chi connectivity index (χ0v) is 13.5. The lowest BCUT2D eigenvalue weighted by atomic mass is 9.91. The number of nitrogens with zero attached hydrogens (tertiary/aromatic N) is 1. The van der Waals surface area contributed by atoms with Crippen LogP contribution in [0.15, 0.2) is 24.3 Å². The van der Waals surface area contributed by atoms with Gasteiger partial charge < -0.3 is 16.2 Å². The monoisotopic (exact) mass is 334 g/mol. The molecule has 1 aliphatic rings. The maximum absolute atomic E-state index is 12.0. The van der Waals surface area contributed by atoms with Gasteiger partial charge in [-0.25, -0.2) is 0 Å². The Kier molecular flexibility index (Phi) is 5.88. The van der Waals surface area contributed by atoms with Gasteiger partial charge >= 0.3 is 5.97 Å². The molecule has 2 rings (SSSR count). The van der Waals surface area contributed by atoms with Crippen LogP contribution in [0.25, 0.3) is 0 Å². The first-order valence-electron chi connectivity index (χ1n) is 7.67. The van der Waals surface area contributed by atoms with Crippen LogP contribution in [0, 0.1) is 5.41 Å². The van der Waals surface area contributed by atoms with Crippen LogP contribution in [0.4, 0.5) is 0 Å². The van der Waals surface area contributed by atoms with E-state index in [9.17, 15) is 9.59 Å². The molecule has 130 valence electrons. The van der Waals surface area contributed by atoms with E-state index in [-0.39, 0.29) is 43.2 Å². The van der Waals surface area contributed by atoms with Crippen LogP contribution in [0.1, 0.15) is 29.9 Å². The zero-order chi connectivity index (χ0) is 17.7. The second-order valence-corrected chi connectivity index (χ2v) is 5.79. The first-order valence-corrected chi connectivity index (χ1v) is 7.67. The number of nitrogen functional groups attached to an aromatic ring is 1. The Morgan fingerprint density at radius 2 is 2.08 bits per heavy atom. The number of amidine groups is 1. The molecule has 1 fully saturated rings. The molecule has 0 spiro atoms. The molecule has 8 nitrogen and oxygen atoms in total. The van der Waals surface area contributed by atoms with Crippen LogP contribution < -0.4 is 11.1 Å². The smallest absolute Gasteiger partial charge is 0.305 e. The highest BCUT2D eigenvalue weighted by molar-refractivity contribution is 5.94. The number of hydrogen-bond donors (Lipinski definition) is 4. The Balaban J connectivity index is 1.99. The average molecular weight is 334 g/mol. The minimum absolute atomic E-state index is 0.00991. The number of benzene rings is 1. The van der Waals surface area contributed by atoms with Gasteiger partial charge in [-0.15, -0.1) is 0 Å². The number of hydrogen-bond acceptors (Lipinski definition) is 5. The van der Waals surface area contributed by atoms with Gasteiger partial charge in [0, 0.05) is 31.6 Å². The van der Waals surface area contributed by atoms with Crippen LogP contribution in [0.2, 0.25) is 0 Å². The van der Waals surface area contributed by atoms with Crippen LogP contribution in [-0.4, -0.2) is 54.1 Å². The van der Waals surface area contributed by atoms with Gasteiger partial charge in [0.1, 0.15) is 5.84 Å². The normalized spacial score (nSPS) is 20.7. The van der Waals surface area contributed by atoms with Crippen molar-refractivity contribution < 1.29 is 19.5 Å². The molecule has 1 aromatic carbocycles. The fourth-order valence-corrected chi connectivity index (χ4v) is 2.72. The lowest BCUT2D eigenvalue weighted by Gasteiger charge is -2.17. The third kappa shape index (κ3) is 4.77. The number of nitrogens with one attached hydrogen (secondary N) is 2. The van der Waals surface area contributed by atoms with Crippen molar-refractivity contribution in [3.8, 4) is 0 Å². The lowest BCUT2D eigenvalue weighted by Crippen LogP contribution is -2.31. The molecule has 24 heavy (non-hydrogen) atoms. The zero-order valence-electron chi connectivity index (χ0n) is 13.5. The summed E-state index contributed by atoms with van der Waals surface area (Å²) in [6.07, 6.45) is -0.265. The molecule has 2 atom stereocenters. The Bertz CT molecular complexity index is 617. The predicted molar refractivity (Wildman–Crippen MR) is 87.6 cm³/mol. The highest BCUT2D eigenvalue weighted by Crippen LogP contribution is 2.31. The number of carboxylic acids is 1. The highest BCUT2D eigenvalue weighted by Gasteiger charge is 2.35. The molecule has 5 N–H and O–H groups in total. The largest absolute Gasteiger partial charge is 0.481 e. The number of amides is 1. The van der Waals surface area contributed by atoms with E-state index in [1.165, 1.54) is 0 Å². The lowest BCUT2D eigenvalue weighted by molar-refractivity contribution is -0.142. The summed E-state index contributed by atoms with van der Waals surface area (Å²) in [5.74, 6) is -1.16. The minimum atomic E-state index is -0.949. The van der Waals surface area contributed by atoms with E-state index >= 15 is 0 Å². The molecule has 1 aliphatic heterocycles. The molecule has 1 saturated heterocycles. The minimum Gasteiger partial charge on any atom is -0.481 e. The van der Waals surface area contributed by atoms with Gasteiger partial charge in [0.05, 0.1) is 18.9 Å². The Labute approximate surface area is 140 Å². The van der Waals surface area contributed by atoms with Crippen LogP contribution in [0.5, 0.6) is 0 Å². The summed E-state index contributed by atoms with van der Waals surface area (Å²) in [5.41, 5.74) is 7.11. The summed E-state index contributed by atoms with van der Waals surface area (Å²) in [7, 11) is 1.80. The number of likely N-dealkylation sites (N-methyl/N-ethyl adjacent to an activating group) is 1. The maximum Gasteiger partial charge on any atom is 0.305 e. The summed E-state index contributed by atoms with van der Waals surface area (Å²) >= 11 is 0. The molecule has 1 aromatic rings. The molecular weight excluding hydrogens is 312 g/mol. The van der Waals surface area contributed by atoms with E-state index in [4.69, 9.17) is 21.1 Å². The highest BCUT2D eigenvalue weighted by atomic mass is 16.7. The molecule has 0 aliphatic carbocycles. The van der Waals surface area contributed by atoms with E-state index in [1.54, 1.807) is 24.2 Å². The van der Waals surface area contributed by atoms with Crippen molar-refractivity contribution in [1.82, 2.24) is 10.4 Å². The van der Waals surface area contributed by atoms with Gasteiger partial charge in [-0.05, 0) is 5.56 Å². The van der Waals surface area contributed by atoms with Crippen molar-refractivity contribution in [1.29, 1.82) is 5.41 Å². The number of nitrogens with two attached hydrogens (primary N) is 1. The van der Waals surface area contributed by atoms with Crippen molar-refractivity contribution in [2.75, 3.05) is 20.1 Å². The van der Waals surface area contributed by atoms with E-state index in [0.717, 1.165) is 5.56 Å². The van der Waals surface area contributed by atoms with Gasteiger partial charge in [0.2, 0.25) is 5.91 Å². The summed E-state index contributed by atoms with van der Waals surface area (Å²) in [6.45, 7) is 0.751. The van der Waals surface area contributed by atoms with E-state index < -0.39 is 5.97 Å². The Morgan fingerprint density at radius 3 is 2.67 bits per heavy atom. The van der Waals surface area contributed by atoms with Gasteiger partial charge in [0.15, 0.2) is 0 Å². The van der Waals surface area contributed by atoms with E-state index in [0.29, 0.717) is 12.1 Å². The summed E-state index contributed by atoms with van der Waals surface area (Å²) in [6, 6.07) is 7.33. The number of rotatable bonds is 7. The first kappa shape index (κ1) is 17.9. The van der Waals surface area contributed by atoms with E-state index in [1.807, 2.05) is 12.1 Å². The van der Waals surface area contributed by atoms with Crippen LogP contribution >= 0.6 is 0 Å². The Hall–Kier alpha value is -2.45. The molecule has 0 bridgehead atoms. The van der Waals surface area contributed by atoms with Crippen LogP contribution in [-0.2, 0) is 14.4 Å². The second-order valence-electron chi connectivity index (χ2n) is 5.79. The average Bonchev–Trinajstić information content (AvgIpc) is 2.87. The number of hydroxylamine groups is 2. The molecule has 2 unspecified atom stereocenters. The second kappa shape index (κ2) is 7.89. The van der Waals surface area contributed by atoms with E-state index in [2.05, 4.69) is 5.32 Å². The van der Waals surface area contributed by atoms with Crippen LogP contribution in [0.3, 0.4) is 0 Å². The summed E-state index contributed by atoms with van der Waals surface area (Å²) in [5, 5.41) is 20.3. The number of carboxylic acid groups (broad SMARTS) is 1. The fraction of sp³-hybridized carbons (Fsp3) is 0.438. The predicted octanol–water partition coefficient (Wildman–Crippen LogP) is 0.281. The van der Waals surface area contributed by atoms with Crippen molar-refractivity contribution in [2.24, 2.45) is 5.73 Å². The van der Waals surface area contributed by atoms with Gasteiger partial charge in [0.25, 0.3) is 0 Å². The van der Waals surface area contributed by atoms with Gasteiger partial charge in [-0.3, -0.25) is 19.8 Å². The Morgan fingerprint density at radius 1 is 1.42 bits per heavy atom. The molecular formula is C16H22N4O4. The topological polar surface area (TPSA) is 129 Å². The molecule has 0 aromatic heterocycles. The van der Waals surface area contributed by atoms with Gasteiger partial charge in [-0.2, -0.15) is 5.06 Å². The number of carbonyl (C=O) groups is 2. The maximum atomic E-state index is 12.0. The SMILES string of the molecule is CN1CC(c2ccc(C(=N)N)cc2)C(CC(=O)NCCC(=O)O)O1. The quantitative estimate of drug-likeness (QED) is 0.419. The molecule has 0 radical (unpaired) electrons. The van der Waals surface area contributed by atoms with Gasteiger partial charge in [-0.1, -0.05) is 24.3 Å².